The molecule has 2 saturated heterocycles. The zero-order chi connectivity index (χ0) is 19.7. The molecule has 9 heteroatoms. The molecular formula is C19H28N6O3. The van der Waals surface area contributed by atoms with Crippen LogP contribution in [-0.4, -0.2) is 68.4 Å². The van der Waals surface area contributed by atoms with Crippen molar-refractivity contribution in [1.82, 2.24) is 29.7 Å². The Hall–Kier alpha value is -2.26. The van der Waals surface area contributed by atoms with Gasteiger partial charge in [-0.1, -0.05) is 12.1 Å². The highest BCUT2D eigenvalue weighted by atomic mass is 16.5. The fourth-order valence-corrected chi connectivity index (χ4v) is 4.10. The molecule has 2 aliphatic heterocycles. The van der Waals surface area contributed by atoms with Gasteiger partial charge in [-0.25, -0.2) is 0 Å². The smallest absolute Gasteiger partial charge is 0.243 e. The summed E-state index contributed by atoms with van der Waals surface area (Å²) in [6, 6.07) is 1.99. The molecule has 1 unspecified atom stereocenters. The monoisotopic (exact) mass is 388 g/mol. The Morgan fingerprint density at radius 2 is 2.11 bits per heavy atom. The third kappa shape index (κ3) is 3.56. The third-order valence-electron chi connectivity index (χ3n) is 5.89. The molecule has 3 atom stereocenters. The second-order valence-corrected chi connectivity index (χ2v) is 7.51. The van der Waals surface area contributed by atoms with Crippen LogP contribution in [0.25, 0.3) is 0 Å². The van der Waals surface area contributed by atoms with Gasteiger partial charge in [-0.2, -0.15) is 10.1 Å². The largest absolute Gasteiger partial charge is 0.371 e. The zero-order valence-corrected chi connectivity index (χ0v) is 16.7. The lowest BCUT2D eigenvalue weighted by Crippen LogP contribution is -2.51. The summed E-state index contributed by atoms with van der Waals surface area (Å²) >= 11 is 0. The average Bonchev–Trinajstić information content (AvgIpc) is 3.47. The van der Waals surface area contributed by atoms with E-state index in [-0.39, 0.29) is 24.0 Å². The van der Waals surface area contributed by atoms with Gasteiger partial charge in [0, 0.05) is 52.5 Å². The molecule has 9 nitrogen and oxygen atoms in total. The van der Waals surface area contributed by atoms with Crippen LogP contribution in [0, 0.1) is 5.92 Å². The van der Waals surface area contributed by atoms with Crippen LogP contribution in [0.5, 0.6) is 0 Å². The highest BCUT2D eigenvalue weighted by Gasteiger charge is 2.40. The van der Waals surface area contributed by atoms with Crippen LogP contribution in [0.3, 0.4) is 0 Å². The van der Waals surface area contributed by atoms with Gasteiger partial charge in [-0.15, -0.1) is 0 Å². The number of hydrogen-bond acceptors (Lipinski definition) is 7. The van der Waals surface area contributed by atoms with E-state index in [2.05, 4.69) is 27.1 Å². The van der Waals surface area contributed by atoms with Gasteiger partial charge in [0.15, 0.2) is 5.82 Å². The summed E-state index contributed by atoms with van der Waals surface area (Å²) < 4.78 is 13.1. The maximum atomic E-state index is 13.2. The summed E-state index contributed by atoms with van der Waals surface area (Å²) in [6.07, 6.45) is 3.07. The van der Waals surface area contributed by atoms with Crippen LogP contribution >= 0.6 is 0 Å². The first-order valence-corrected chi connectivity index (χ1v) is 10.0. The first kappa shape index (κ1) is 19.1. The van der Waals surface area contributed by atoms with Gasteiger partial charge >= 0.3 is 0 Å². The molecular weight excluding hydrogens is 360 g/mol. The number of amides is 1. The first-order valence-electron chi connectivity index (χ1n) is 10.0. The predicted octanol–water partition coefficient (Wildman–Crippen LogP) is 1.35. The van der Waals surface area contributed by atoms with Crippen LogP contribution in [0.1, 0.15) is 49.8 Å². The van der Waals surface area contributed by atoms with Crippen molar-refractivity contribution < 1.29 is 14.1 Å². The molecule has 2 aromatic rings. The van der Waals surface area contributed by atoms with E-state index in [0.717, 1.165) is 37.4 Å². The van der Waals surface area contributed by atoms with Crippen molar-refractivity contribution in [2.24, 2.45) is 13.0 Å². The molecule has 2 aromatic heterocycles. The molecule has 0 N–H and O–H groups in total. The number of carbonyl (C=O) groups is 1. The van der Waals surface area contributed by atoms with Crippen LogP contribution in [-0.2, 0) is 23.0 Å². The van der Waals surface area contributed by atoms with E-state index in [9.17, 15) is 4.79 Å². The summed E-state index contributed by atoms with van der Waals surface area (Å²) in [5.41, 5.74) is 0.964. The van der Waals surface area contributed by atoms with Gasteiger partial charge in [-0.3, -0.25) is 14.4 Å². The molecule has 28 heavy (non-hydrogen) atoms. The van der Waals surface area contributed by atoms with E-state index in [1.165, 1.54) is 0 Å². The van der Waals surface area contributed by atoms with Crippen LogP contribution in [0.2, 0.25) is 0 Å². The minimum atomic E-state index is -0.206. The van der Waals surface area contributed by atoms with Gasteiger partial charge in [0.25, 0.3) is 0 Å². The highest BCUT2D eigenvalue weighted by molar-refractivity contribution is 5.80. The molecule has 0 aliphatic carbocycles. The Bertz CT molecular complexity index is 810. The molecule has 0 spiro atoms. The van der Waals surface area contributed by atoms with E-state index in [1.54, 1.807) is 10.9 Å². The maximum absolute atomic E-state index is 13.2. The van der Waals surface area contributed by atoms with E-state index < -0.39 is 0 Å². The summed E-state index contributed by atoms with van der Waals surface area (Å²) in [4.78, 5) is 21.9. The number of nitrogens with zero attached hydrogens (tertiary/aromatic N) is 6. The van der Waals surface area contributed by atoms with E-state index >= 15 is 0 Å². The van der Waals surface area contributed by atoms with Crippen LogP contribution < -0.4 is 0 Å². The Kier molecular flexibility index (Phi) is 5.45. The molecule has 2 fully saturated rings. The lowest BCUT2D eigenvalue weighted by Gasteiger charge is -2.38. The Morgan fingerprint density at radius 1 is 1.32 bits per heavy atom. The van der Waals surface area contributed by atoms with Crippen molar-refractivity contribution >= 4 is 5.91 Å². The van der Waals surface area contributed by atoms with Crippen molar-refractivity contribution in [2.75, 3.05) is 32.8 Å². The average molecular weight is 388 g/mol. The van der Waals surface area contributed by atoms with Crippen molar-refractivity contribution in [2.45, 2.75) is 38.8 Å². The molecule has 1 amide bonds. The third-order valence-corrected chi connectivity index (χ3v) is 5.89. The number of aryl methyl sites for hydroxylation is 2. The molecule has 4 heterocycles. The predicted molar refractivity (Wildman–Crippen MR) is 100 cm³/mol. The quantitative estimate of drug-likeness (QED) is 0.764. The Balaban J connectivity index is 1.36. The standard InChI is InChI=1S/C19H28N6O3/c1-4-16-21-18(28-22-16)13(2)24-8-10-25(11-9-24)19(26)14-6-12-27-17(14)15-5-7-20-23(15)3/h5,7,13-14,17H,4,6,8-12H2,1-3H3/t13?,14-,17-/m1/s1. The van der Waals surface area contributed by atoms with E-state index in [4.69, 9.17) is 9.26 Å². The minimum Gasteiger partial charge on any atom is -0.371 e. The molecule has 0 aromatic carbocycles. The van der Waals surface area contributed by atoms with Crippen molar-refractivity contribution in [3.05, 3.63) is 29.7 Å². The van der Waals surface area contributed by atoms with Crippen LogP contribution in [0.15, 0.2) is 16.8 Å². The van der Waals surface area contributed by atoms with Crippen molar-refractivity contribution in [3.8, 4) is 0 Å². The maximum Gasteiger partial charge on any atom is 0.243 e. The van der Waals surface area contributed by atoms with Gasteiger partial charge in [0.1, 0.15) is 6.10 Å². The number of ether oxygens (including phenoxy) is 1. The number of rotatable bonds is 5. The molecule has 4 rings (SSSR count). The van der Waals surface area contributed by atoms with Gasteiger partial charge in [0.05, 0.1) is 17.7 Å². The van der Waals surface area contributed by atoms with Crippen LogP contribution in [0.4, 0.5) is 0 Å². The summed E-state index contributed by atoms with van der Waals surface area (Å²) in [5.74, 6) is 1.43. The van der Waals surface area contributed by atoms with Gasteiger partial charge in [-0.05, 0) is 19.4 Å². The number of carbonyl (C=O) groups excluding carboxylic acids is 1. The minimum absolute atomic E-state index is 0.0575. The van der Waals surface area contributed by atoms with Crippen molar-refractivity contribution in [3.63, 3.8) is 0 Å². The Morgan fingerprint density at radius 3 is 2.75 bits per heavy atom. The number of piperazine rings is 1. The second kappa shape index (κ2) is 8.00. The zero-order valence-electron chi connectivity index (χ0n) is 16.7. The molecule has 2 aliphatic rings. The van der Waals surface area contributed by atoms with Crippen molar-refractivity contribution in [1.29, 1.82) is 0 Å². The first-order chi connectivity index (χ1) is 13.6. The highest BCUT2D eigenvalue weighted by Crippen LogP contribution is 2.35. The topological polar surface area (TPSA) is 89.5 Å². The van der Waals surface area contributed by atoms with Gasteiger partial charge < -0.3 is 14.2 Å². The number of aromatic nitrogens is 4. The summed E-state index contributed by atoms with van der Waals surface area (Å²) in [6.45, 7) is 7.68. The summed E-state index contributed by atoms with van der Waals surface area (Å²) in [7, 11) is 1.89. The van der Waals surface area contributed by atoms with Gasteiger partial charge in [0.2, 0.25) is 11.8 Å². The molecule has 0 saturated carbocycles. The molecule has 0 radical (unpaired) electrons. The lowest BCUT2D eigenvalue weighted by molar-refractivity contribution is -0.139. The molecule has 0 bridgehead atoms. The second-order valence-electron chi connectivity index (χ2n) is 7.51. The normalized spacial score (nSPS) is 24.6. The lowest BCUT2D eigenvalue weighted by atomic mass is 9.97. The fraction of sp³-hybridized carbons (Fsp3) is 0.684. The molecule has 152 valence electrons. The van der Waals surface area contributed by atoms with E-state index in [1.807, 2.05) is 24.9 Å². The summed E-state index contributed by atoms with van der Waals surface area (Å²) in [5, 5.41) is 8.21. The Labute approximate surface area is 164 Å². The number of hydrogen-bond donors (Lipinski definition) is 0. The SMILES string of the molecule is CCc1noc(C(C)N2CCN(C(=O)[C@@H]3CCO[C@H]3c3ccnn3C)CC2)n1. The fourth-order valence-electron chi connectivity index (χ4n) is 4.10. The van der Waals surface area contributed by atoms with E-state index in [0.29, 0.717) is 25.6 Å².